The van der Waals surface area contributed by atoms with E-state index in [2.05, 4.69) is 4.99 Å². The molecule has 0 bridgehead atoms. The van der Waals surface area contributed by atoms with Gasteiger partial charge in [-0.2, -0.15) is 0 Å². The first-order valence-corrected chi connectivity index (χ1v) is 5.82. The largest absolute Gasteiger partial charge is 0.486 e. The van der Waals surface area contributed by atoms with Gasteiger partial charge in [-0.15, -0.1) is 0 Å². The number of aryl methyl sites for hydroxylation is 1. The van der Waals surface area contributed by atoms with E-state index in [0.29, 0.717) is 23.3 Å². The lowest BCUT2D eigenvalue weighted by Crippen LogP contribution is -1.99. The fourth-order valence-electron chi connectivity index (χ4n) is 1.50. The number of carbonyl (C=O) groups is 2. The highest BCUT2D eigenvalue weighted by Crippen LogP contribution is 2.28. The molecule has 18 heavy (non-hydrogen) atoms. The lowest BCUT2D eigenvalue weighted by Gasteiger charge is -2.09. The molecule has 0 N–H and O–H groups in total. The van der Waals surface area contributed by atoms with E-state index in [1.165, 1.54) is 0 Å². The maximum Gasteiger partial charge on any atom is 0.157 e. The number of rotatable bonds is 6. The number of hydrogen-bond acceptors (Lipinski definition) is 4. The van der Waals surface area contributed by atoms with Crippen LogP contribution in [0.2, 0.25) is 0 Å². The highest BCUT2D eigenvalue weighted by Gasteiger charge is 2.08. The van der Waals surface area contributed by atoms with Crippen LogP contribution in [-0.4, -0.2) is 24.9 Å². The van der Waals surface area contributed by atoms with Crippen LogP contribution in [0.4, 0.5) is 5.69 Å². The van der Waals surface area contributed by atoms with Crippen LogP contribution in [0, 0.1) is 6.92 Å². The van der Waals surface area contributed by atoms with Gasteiger partial charge in [0, 0.05) is 11.3 Å². The quantitative estimate of drug-likeness (QED) is 0.573. The number of hydrogen-bond donors (Lipinski definition) is 0. The molecular weight excluding hydrogens is 230 g/mol. The van der Waals surface area contributed by atoms with Gasteiger partial charge in [0.25, 0.3) is 0 Å². The Morgan fingerprint density at radius 3 is 2.67 bits per heavy atom. The summed E-state index contributed by atoms with van der Waals surface area (Å²) in [5.74, 6) is 0.509. The summed E-state index contributed by atoms with van der Waals surface area (Å²) in [6, 6.07) is 3.38. The molecule has 0 unspecified atom stereocenters. The van der Waals surface area contributed by atoms with Gasteiger partial charge in [0.2, 0.25) is 0 Å². The van der Waals surface area contributed by atoms with Crippen molar-refractivity contribution < 1.29 is 14.3 Å². The predicted molar refractivity (Wildman–Crippen MR) is 71.2 cm³/mol. The second kappa shape index (κ2) is 6.69. The van der Waals surface area contributed by atoms with Gasteiger partial charge in [0.1, 0.15) is 12.4 Å². The molecule has 0 saturated carbocycles. The summed E-state index contributed by atoms with van der Waals surface area (Å²) in [7, 11) is 0. The summed E-state index contributed by atoms with van der Waals surface area (Å²) in [5.41, 5.74) is 2.96. The Hall–Kier alpha value is -1.97. The normalized spacial score (nSPS) is 11.2. The Morgan fingerprint density at radius 1 is 1.39 bits per heavy atom. The van der Waals surface area contributed by atoms with E-state index in [4.69, 9.17) is 4.74 Å². The van der Waals surface area contributed by atoms with E-state index in [1.54, 1.807) is 12.1 Å². The summed E-state index contributed by atoms with van der Waals surface area (Å²) < 4.78 is 5.19. The number of nitrogens with zero attached hydrogens (tertiary/aromatic N) is 1. The SMILES string of the molecule is CCC(C)=Nc1c(C)cc(OCC=O)cc1C=O. The Balaban J connectivity index is 3.19. The van der Waals surface area contributed by atoms with E-state index < -0.39 is 0 Å². The molecule has 0 saturated heterocycles. The van der Waals surface area contributed by atoms with Gasteiger partial charge >= 0.3 is 0 Å². The van der Waals surface area contributed by atoms with Crippen molar-refractivity contribution in [3.8, 4) is 5.75 Å². The van der Waals surface area contributed by atoms with E-state index in [9.17, 15) is 9.59 Å². The minimum Gasteiger partial charge on any atom is -0.486 e. The average molecular weight is 247 g/mol. The van der Waals surface area contributed by atoms with E-state index >= 15 is 0 Å². The van der Waals surface area contributed by atoms with Crippen LogP contribution in [0.15, 0.2) is 17.1 Å². The Kier molecular flexibility index (Phi) is 5.24. The van der Waals surface area contributed by atoms with Crippen molar-refractivity contribution in [2.75, 3.05) is 6.61 Å². The van der Waals surface area contributed by atoms with Crippen LogP contribution >= 0.6 is 0 Å². The van der Waals surface area contributed by atoms with Crippen LogP contribution in [0.1, 0.15) is 36.2 Å². The zero-order chi connectivity index (χ0) is 13.5. The lowest BCUT2D eigenvalue weighted by molar-refractivity contribution is -0.109. The van der Waals surface area contributed by atoms with Gasteiger partial charge in [-0.3, -0.25) is 14.6 Å². The van der Waals surface area contributed by atoms with Crippen molar-refractivity contribution in [2.24, 2.45) is 4.99 Å². The first kappa shape index (κ1) is 14.1. The second-order valence-corrected chi connectivity index (χ2v) is 3.97. The second-order valence-electron chi connectivity index (χ2n) is 3.97. The molecule has 0 atom stereocenters. The molecule has 1 aromatic rings. The van der Waals surface area contributed by atoms with Crippen molar-refractivity contribution in [2.45, 2.75) is 27.2 Å². The van der Waals surface area contributed by atoms with Crippen LogP contribution < -0.4 is 4.74 Å². The average Bonchev–Trinajstić information content (AvgIpc) is 2.38. The van der Waals surface area contributed by atoms with Crippen molar-refractivity contribution in [3.05, 3.63) is 23.3 Å². The molecule has 0 amide bonds. The number of aliphatic imine (C=N–C) groups is 1. The minimum atomic E-state index is -0.0195. The number of ether oxygens (including phenoxy) is 1. The molecule has 0 spiro atoms. The van der Waals surface area contributed by atoms with Gasteiger partial charge in [-0.25, -0.2) is 0 Å². The summed E-state index contributed by atoms with van der Waals surface area (Å²) in [4.78, 5) is 25.8. The van der Waals surface area contributed by atoms with E-state index in [0.717, 1.165) is 24.0 Å². The monoisotopic (exact) mass is 247 g/mol. The maximum atomic E-state index is 11.1. The maximum absolute atomic E-state index is 11.1. The molecule has 1 aromatic carbocycles. The molecule has 4 heteroatoms. The van der Waals surface area contributed by atoms with Gasteiger partial charge in [0.15, 0.2) is 12.6 Å². The molecular formula is C14H17NO3. The summed E-state index contributed by atoms with van der Waals surface area (Å²) in [6.45, 7) is 5.78. The Labute approximate surface area is 107 Å². The first-order valence-electron chi connectivity index (χ1n) is 5.82. The molecule has 1 rings (SSSR count). The first-order chi connectivity index (χ1) is 8.62. The van der Waals surface area contributed by atoms with Gasteiger partial charge in [-0.1, -0.05) is 6.92 Å². The molecule has 96 valence electrons. The van der Waals surface area contributed by atoms with Crippen molar-refractivity contribution in [1.29, 1.82) is 0 Å². The standard InChI is InChI=1S/C14H17NO3/c1-4-11(3)15-14-10(2)7-13(18-6-5-16)8-12(14)9-17/h5,7-9H,4,6H2,1-3H3. The van der Waals surface area contributed by atoms with Crippen LogP contribution in [0.3, 0.4) is 0 Å². The van der Waals surface area contributed by atoms with Gasteiger partial charge in [-0.05, 0) is 38.0 Å². The fourth-order valence-corrected chi connectivity index (χ4v) is 1.50. The predicted octanol–water partition coefficient (Wildman–Crippen LogP) is 2.89. The van der Waals surface area contributed by atoms with Crippen molar-refractivity contribution in [3.63, 3.8) is 0 Å². The molecule has 0 aliphatic heterocycles. The zero-order valence-electron chi connectivity index (χ0n) is 10.9. The van der Waals surface area contributed by atoms with Gasteiger partial charge in [0.05, 0.1) is 5.69 Å². The van der Waals surface area contributed by atoms with E-state index in [-0.39, 0.29) is 6.61 Å². The lowest BCUT2D eigenvalue weighted by atomic mass is 10.1. The van der Waals surface area contributed by atoms with E-state index in [1.807, 2.05) is 20.8 Å². The highest BCUT2D eigenvalue weighted by molar-refractivity contribution is 5.91. The molecule has 0 aliphatic rings. The summed E-state index contributed by atoms with van der Waals surface area (Å²) >= 11 is 0. The minimum absolute atomic E-state index is 0.0195. The third-order valence-electron chi connectivity index (χ3n) is 2.56. The molecule has 0 heterocycles. The van der Waals surface area contributed by atoms with Crippen LogP contribution in [0.25, 0.3) is 0 Å². The van der Waals surface area contributed by atoms with Crippen molar-refractivity contribution in [1.82, 2.24) is 0 Å². The smallest absolute Gasteiger partial charge is 0.157 e. The van der Waals surface area contributed by atoms with Crippen molar-refractivity contribution >= 4 is 24.0 Å². The Bertz CT molecular complexity index is 478. The Morgan fingerprint density at radius 2 is 2.11 bits per heavy atom. The topological polar surface area (TPSA) is 55.7 Å². The zero-order valence-corrected chi connectivity index (χ0v) is 10.9. The number of aldehydes is 2. The number of carbonyl (C=O) groups excluding carboxylic acids is 2. The third kappa shape index (κ3) is 3.52. The van der Waals surface area contributed by atoms with Gasteiger partial charge < -0.3 is 4.74 Å². The molecule has 0 aliphatic carbocycles. The summed E-state index contributed by atoms with van der Waals surface area (Å²) in [6.07, 6.45) is 2.26. The molecule has 0 fully saturated rings. The fraction of sp³-hybridized carbons (Fsp3) is 0.357. The molecule has 4 nitrogen and oxygen atoms in total. The van der Waals surface area contributed by atoms with Crippen LogP contribution in [-0.2, 0) is 4.79 Å². The molecule has 0 radical (unpaired) electrons. The molecule has 0 aromatic heterocycles. The summed E-state index contributed by atoms with van der Waals surface area (Å²) in [5, 5.41) is 0. The highest BCUT2D eigenvalue weighted by atomic mass is 16.5. The number of benzene rings is 1. The third-order valence-corrected chi connectivity index (χ3v) is 2.56. The van der Waals surface area contributed by atoms with Crippen LogP contribution in [0.5, 0.6) is 5.75 Å².